The zero-order valence-corrected chi connectivity index (χ0v) is 14.9. The lowest BCUT2D eigenvalue weighted by molar-refractivity contribution is -0.0927. The zero-order chi connectivity index (χ0) is 16.4. The van der Waals surface area contributed by atoms with E-state index in [1.54, 1.807) is 0 Å². The second-order valence-electron chi connectivity index (χ2n) is 8.23. The molecule has 132 valence electrons. The van der Waals surface area contributed by atoms with E-state index in [1.165, 1.54) is 25.7 Å². The number of rotatable bonds is 2. The molecule has 1 amide bonds. The van der Waals surface area contributed by atoms with Crippen molar-refractivity contribution >= 4 is 6.09 Å². The third-order valence-electron chi connectivity index (χ3n) is 5.30. The largest absolute Gasteiger partial charge is 0.444 e. The van der Waals surface area contributed by atoms with Crippen molar-refractivity contribution in [2.24, 2.45) is 0 Å². The highest BCUT2D eigenvalue weighted by Gasteiger charge is 2.38. The van der Waals surface area contributed by atoms with Crippen molar-refractivity contribution in [3.05, 3.63) is 0 Å². The Labute approximate surface area is 140 Å². The number of carbonyl (C=O) groups excluding carboxylic acids is 1. The van der Waals surface area contributed by atoms with Crippen LogP contribution in [-0.4, -0.2) is 65.9 Å². The van der Waals surface area contributed by atoms with Crippen LogP contribution in [0, 0.1) is 0 Å². The van der Waals surface area contributed by atoms with E-state index in [1.807, 2.05) is 25.7 Å². The van der Waals surface area contributed by atoms with Gasteiger partial charge in [-0.05, 0) is 46.5 Å². The van der Waals surface area contributed by atoms with Crippen LogP contribution in [0.25, 0.3) is 0 Å². The van der Waals surface area contributed by atoms with E-state index in [9.17, 15) is 4.79 Å². The number of carbonyl (C=O) groups is 1. The molecule has 2 heterocycles. The molecule has 0 bridgehead atoms. The lowest BCUT2D eigenvalue weighted by atomic mass is 9.90. The quantitative estimate of drug-likeness (QED) is 0.783. The lowest BCUT2D eigenvalue weighted by Gasteiger charge is -2.45. The summed E-state index contributed by atoms with van der Waals surface area (Å²) in [6.07, 6.45) is 7.48. The van der Waals surface area contributed by atoms with Gasteiger partial charge in [-0.2, -0.15) is 0 Å². The van der Waals surface area contributed by atoms with E-state index in [0.29, 0.717) is 18.2 Å². The molecule has 0 radical (unpaired) electrons. The standard InChI is InChI=1S/C18H32N2O3/c1-18(2,3)23-17(21)20-10-6-7-14(20)13-19-11-12-22-16-9-5-4-8-15(16)19/h14-16H,4-13H2,1-3H3/t14-,15+,16-/m1/s1. The van der Waals surface area contributed by atoms with Gasteiger partial charge in [0, 0.05) is 31.7 Å². The van der Waals surface area contributed by atoms with Crippen molar-refractivity contribution in [2.45, 2.75) is 83.1 Å². The van der Waals surface area contributed by atoms with Crippen LogP contribution < -0.4 is 0 Å². The Hall–Kier alpha value is -0.810. The number of ether oxygens (including phenoxy) is 2. The van der Waals surface area contributed by atoms with E-state index in [-0.39, 0.29) is 6.09 Å². The number of likely N-dealkylation sites (tertiary alicyclic amines) is 1. The first-order chi connectivity index (χ1) is 10.9. The first-order valence-corrected chi connectivity index (χ1v) is 9.29. The minimum Gasteiger partial charge on any atom is -0.444 e. The van der Waals surface area contributed by atoms with Crippen molar-refractivity contribution in [1.29, 1.82) is 0 Å². The van der Waals surface area contributed by atoms with Crippen LogP contribution in [-0.2, 0) is 9.47 Å². The van der Waals surface area contributed by atoms with E-state index in [0.717, 1.165) is 39.1 Å². The maximum atomic E-state index is 12.5. The molecule has 2 aliphatic heterocycles. The van der Waals surface area contributed by atoms with Gasteiger partial charge in [0.05, 0.1) is 12.7 Å². The number of amides is 1. The molecule has 3 rings (SSSR count). The number of hydrogen-bond acceptors (Lipinski definition) is 4. The van der Waals surface area contributed by atoms with Gasteiger partial charge in [-0.15, -0.1) is 0 Å². The molecular weight excluding hydrogens is 292 g/mol. The minimum absolute atomic E-state index is 0.145. The molecule has 5 nitrogen and oxygen atoms in total. The summed E-state index contributed by atoms with van der Waals surface area (Å²) in [5.74, 6) is 0. The lowest BCUT2D eigenvalue weighted by Crippen LogP contribution is -2.56. The van der Waals surface area contributed by atoms with Crippen molar-refractivity contribution in [3.8, 4) is 0 Å². The SMILES string of the molecule is CC(C)(C)OC(=O)N1CCC[C@@H]1CN1CCO[C@@H]2CCCC[C@@H]21. The van der Waals surface area contributed by atoms with Crippen LogP contribution in [0.3, 0.4) is 0 Å². The second kappa shape index (κ2) is 6.98. The molecule has 5 heteroatoms. The zero-order valence-electron chi connectivity index (χ0n) is 14.9. The van der Waals surface area contributed by atoms with Gasteiger partial charge in [0.15, 0.2) is 0 Å². The van der Waals surface area contributed by atoms with Crippen molar-refractivity contribution < 1.29 is 14.3 Å². The first-order valence-electron chi connectivity index (χ1n) is 9.29. The Balaban J connectivity index is 1.60. The van der Waals surface area contributed by atoms with Crippen LogP contribution >= 0.6 is 0 Å². The average Bonchev–Trinajstić information content (AvgIpc) is 2.94. The van der Waals surface area contributed by atoms with Gasteiger partial charge in [0.25, 0.3) is 0 Å². The maximum absolute atomic E-state index is 12.5. The molecule has 0 N–H and O–H groups in total. The molecule has 3 aliphatic rings. The molecule has 0 aromatic carbocycles. The summed E-state index contributed by atoms with van der Waals surface area (Å²) in [7, 11) is 0. The number of fused-ring (bicyclic) bond motifs is 1. The van der Waals surface area contributed by atoms with Crippen molar-refractivity contribution in [3.63, 3.8) is 0 Å². The highest BCUT2D eigenvalue weighted by molar-refractivity contribution is 5.69. The van der Waals surface area contributed by atoms with Crippen LogP contribution in [0.5, 0.6) is 0 Å². The molecule has 0 unspecified atom stereocenters. The highest BCUT2D eigenvalue weighted by atomic mass is 16.6. The van der Waals surface area contributed by atoms with Gasteiger partial charge >= 0.3 is 6.09 Å². The van der Waals surface area contributed by atoms with E-state index in [4.69, 9.17) is 9.47 Å². The summed E-state index contributed by atoms with van der Waals surface area (Å²) in [6.45, 7) is 9.45. The van der Waals surface area contributed by atoms with Crippen molar-refractivity contribution in [1.82, 2.24) is 9.80 Å². The summed E-state index contributed by atoms with van der Waals surface area (Å²) in [5.41, 5.74) is -0.419. The summed E-state index contributed by atoms with van der Waals surface area (Å²) in [4.78, 5) is 17.0. The Morgan fingerprint density at radius 2 is 1.91 bits per heavy atom. The molecular formula is C18H32N2O3. The molecule has 3 atom stereocenters. The molecule has 1 saturated carbocycles. The average molecular weight is 324 g/mol. The van der Waals surface area contributed by atoms with Gasteiger partial charge in [0.2, 0.25) is 0 Å². The fourth-order valence-corrected chi connectivity index (χ4v) is 4.26. The molecule has 2 saturated heterocycles. The fourth-order valence-electron chi connectivity index (χ4n) is 4.26. The molecule has 0 aromatic rings. The predicted molar refractivity (Wildman–Crippen MR) is 89.5 cm³/mol. The van der Waals surface area contributed by atoms with E-state index in [2.05, 4.69) is 4.90 Å². The van der Waals surface area contributed by atoms with Gasteiger partial charge in [-0.25, -0.2) is 4.79 Å². The Morgan fingerprint density at radius 1 is 1.13 bits per heavy atom. The number of hydrogen-bond donors (Lipinski definition) is 0. The normalized spacial score (nSPS) is 32.7. The van der Waals surface area contributed by atoms with E-state index >= 15 is 0 Å². The highest BCUT2D eigenvalue weighted by Crippen LogP contribution is 2.30. The monoisotopic (exact) mass is 324 g/mol. The van der Waals surface area contributed by atoms with Crippen LogP contribution in [0.1, 0.15) is 59.3 Å². The molecule has 0 aromatic heterocycles. The smallest absolute Gasteiger partial charge is 0.410 e. The summed E-state index contributed by atoms with van der Waals surface area (Å²) < 4.78 is 11.6. The third-order valence-corrected chi connectivity index (χ3v) is 5.30. The topological polar surface area (TPSA) is 42.0 Å². The Bertz CT molecular complexity index is 419. The Kier molecular flexibility index (Phi) is 5.16. The Morgan fingerprint density at radius 3 is 2.70 bits per heavy atom. The number of nitrogens with zero attached hydrogens (tertiary/aromatic N) is 2. The molecule has 23 heavy (non-hydrogen) atoms. The van der Waals surface area contributed by atoms with Crippen LogP contribution in [0.2, 0.25) is 0 Å². The predicted octanol–water partition coefficient (Wildman–Crippen LogP) is 3.03. The van der Waals surface area contributed by atoms with Gasteiger partial charge < -0.3 is 14.4 Å². The summed E-state index contributed by atoms with van der Waals surface area (Å²) >= 11 is 0. The molecule has 0 spiro atoms. The van der Waals surface area contributed by atoms with Crippen molar-refractivity contribution in [2.75, 3.05) is 26.2 Å². The summed E-state index contributed by atoms with van der Waals surface area (Å²) in [5, 5.41) is 0. The van der Waals surface area contributed by atoms with E-state index < -0.39 is 5.60 Å². The van der Waals surface area contributed by atoms with Gasteiger partial charge in [-0.3, -0.25) is 4.90 Å². The molecule has 3 fully saturated rings. The minimum atomic E-state index is -0.419. The first kappa shape index (κ1) is 17.0. The maximum Gasteiger partial charge on any atom is 0.410 e. The third kappa shape index (κ3) is 4.18. The summed E-state index contributed by atoms with van der Waals surface area (Å²) in [6, 6.07) is 0.851. The van der Waals surface area contributed by atoms with Crippen LogP contribution in [0.15, 0.2) is 0 Å². The second-order valence-corrected chi connectivity index (χ2v) is 8.23. The van der Waals surface area contributed by atoms with Gasteiger partial charge in [0.1, 0.15) is 5.60 Å². The van der Waals surface area contributed by atoms with Crippen LogP contribution in [0.4, 0.5) is 4.79 Å². The van der Waals surface area contributed by atoms with Gasteiger partial charge in [-0.1, -0.05) is 12.8 Å². The number of morpholine rings is 1. The molecule has 1 aliphatic carbocycles. The fraction of sp³-hybridized carbons (Fsp3) is 0.944.